The molecule has 3 aromatic rings. The lowest BCUT2D eigenvalue weighted by Crippen LogP contribution is -2.27. The zero-order valence-corrected chi connectivity index (χ0v) is 14.4. The quantitative estimate of drug-likeness (QED) is 0.654. The Balaban J connectivity index is 1.92. The number of halogens is 3. The van der Waals surface area contributed by atoms with Gasteiger partial charge in [0.2, 0.25) is 0 Å². The van der Waals surface area contributed by atoms with Gasteiger partial charge in [-0.15, -0.1) is 0 Å². The van der Waals surface area contributed by atoms with Gasteiger partial charge in [-0.05, 0) is 37.1 Å². The molecule has 0 atom stereocenters. The largest absolute Gasteiger partial charge is 0.504 e. The number of carbonyl (C=O) groups is 1. The van der Waals surface area contributed by atoms with Crippen LogP contribution >= 0.6 is 0 Å². The summed E-state index contributed by atoms with van der Waals surface area (Å²) in [5.41, 5.74) is -1.28. The predicted molar refractivity (Wildman–Crippen MR) is 91.9 cm³/mol. The molecule has 146 valence electrons. The van der Waals surface area contributed by atoms with Crippen LogP contribution in [0.1, 0.15) is 28.9 Å². The van der Waals surface area contributed by atoms with E-state index in [1.165, 1.54) is 6.07 Å². The highest BCUT2D eigenvalue weighted by atomic mass is 19.4. The van der Waals surface area contributed by atoms with Gasteiger partial charge in [0.05, 0.1) is 11.9 Å². The molecule has 28 heavy (non-hydrogen) atoms. The van der Waals surface area contributed by atoms with Gasteiger partial charge in [-0.3, -0.25) is 4.79 Å². The summed E-state index contributed by atoms with van der Waals surface area (Å²) in [6, 6.07) is 4.37. The van der Waals surface area contributed by atoms with Crippen molar-refractivity contribution in [2.24, 2.45) is 0 Å². The first kappa shape index (κ1) is 18.1. The van der Waals surface area contributed by atoms with Crippen LogP contribution in [0.5, 0.6) is 11.5 Å². The molecular weight excluding hydrogens is 377 g/mol. The molecule has 2 N–H and O–H groups in total. The lowest BCUT2D eigenvalue weighted by atomic mass is 10.1. The van der Waals surface area contributed by atoms with Gasteiger partial charge in [0.25, 0.3) is 5.91 Å². The third kappa shape index (κ3) is 3.00. The second kappa shape index (κ2) is 6.39. The van der Waals surface area contributed by atoms with Crippen molar-refractivity contribution >= 4 is 11.6 Å². The molecule has 1 saturated heterocycles. The molecule has 1 fully saturated rings. The van der Waals surface area contributed by atoms with E-state index < -0.39 is 29.3 Å². The minimum absolute atomic E-state index is 0.0164. The minimum Gasteiger partial charge on any atom is -0.504 e. The number of phenols is 2. The molecule has 10 heteroatoms. The van der Waals surface area contributed by atoms with Crippen molar-refractivity contribution in [3.05, 3.63) is 41.7 Å². The number of carbonyl (C=O) groups excluding carboxylic acids is 1. The maximum atomic E-state index is 13.6. The van der Waals surface area contributed by atoms with Crippen molar-refractivity contribution in [1.29, 1.82) is 0 Å². The number of fused-ring (bicyclic) bond motifs is 1. The number of phenolic OH excluding ortho intramolecular Hbond substituents is 2. The number of alkyl halides is 3. The molecule has 3 heterocycles. The van der Waals surface area contributed by atoms with Gasteiger partial charge in [0.15, 0.2) is 22.8 Å². The van der Waals surface area contributed by atoms with Crippen LogP contribution in [-0.2, 0) is 6.18 Å². The Morgan fingerprint density at radius 2 is 1.79 bits per heavy atom. The second-order valence-electron chi connectivity index (χ2n) is 6.52. The molecule has 7 nitrogen and oxygen atoms in total. The fourth-order valence-electron chi connectivity index (χ4n) is 3.24. The Morgan fingerprint density at radius 1 is 1.07 bits per heavy atom. The lowest BCUT2D eigenvalue weighted by molar-refractivity contribution is -0.142. The number of likely N-dealkylation sites (tertiary alicyclic amines) is 1. The van der Waals surface area contributed by atoms with E-state index in [1.807, 2.05) is 0 Å². The lowest BCUT2D eigenvalue weighted by Gasteiger charge is -2.15. The van der Waals surface area contributed by atoms with Gasteiger partial charge < -0.3 is 15.1 Å². The summed E-state index contributed by atoms with van der Waals surface area (Å²) in [6.07, 6.45) is -1.97. The molecule has 0 unspecified atom stereocenters. The number of hydrogen-bond acceptors (Lipinski definition) is 5. The molecule has 0 spiro atoms. The number of nitrogens with zero attached hydrogens (tertiary/aromatic N) is 4. The average molecular weight is 392 g/mol. The summed E-state index contributed by atoms with van der Waals surface area (Å²) in [5, 5.41) is 22.8. The second-order valence-corrected chi connectivity index (χ2v) is 6.52. The predicted octanol–water partition coefficient (Wildman–Crippen LogP) is 3.06. The molecule has 1 aliphatic rings. The van der Waals surface area contributed by atoms with E-state index in [1.54, 1.807) is 4.90 Å². The van der Waals surface area contributed by atoms with Crippen molar-refractivity contribution in [2.45, 2.75) is 19.0 Å². The van der Waals surface area contributed by atoms with Crippen LogP contribution in [0.2, 0.25) is 0 Å². The van der Waals surface area contributed by atoms with Crippen molar-refractivity contribution in [1.82, 2.24) is 19.5 Å². The molecule has 2 aromatic heterocycles. The maximum Gasteiger partial charge on any atom is 0.433 e. The average Bonchev–Trinajstić information content (AvgIpc) is 3.31. The van der Waals surface area contributed by atoms with E-state index in [-0.39, 0.29) is 22.5 Å². The van der Waals surface area contributed by atoms with Crippen molar-refractivity contribution in [3.8, 4) is 22.8 Å². The normalized spacial score (nSPS) is 14.8. The Kier molecular flexibility index (Phi) is 4.13. The third-order valence-corrected chi connectivity index (χ3v) is 4.66. The van der Waals surface area contributed by atoms with E-state index in [0.717, 1.165) is 37.2 Å². The summed E-state index contributed by atoms with van der Waals surface area (Å²) in [6.45, 7) is 1.07. The number of aromatic hydroxyl groups is 2. The first-order valence-electron chi connectivity index (χ1n) is 8.53. The zero-order chi connectivity index (χ0) is 20.1. The monoisotopic (exact) mass is 392 g/mol. The van der Waals surface area contributed by atoms with E-state index in [9.17, 15) is 28.2 Å². The number of hydrogen-bond donors (Lipinski definition) is 2. The number of amides is 1. The first-order chi connectivity index (χ1) is 13.3. The summed E-state index contributed by atoms with van der Waals surface area (Å²) >= 11 is 0. The summed E-state index contributed by atoms with van der Waals surface area (Å²) in [4.78, 5) is 18.5. The molecule has 4 rings (SSSR count). The SMILES string of the molecule is O=C(c1cnn2c(C(F)(F)F)cc(-c3ccc(O)c(O)c3)nc12)N1CCCC1. The van der Waals surface area contributed by atoms with Crippen LogP contribution in [0.15, 0.2) is 30.5 Å². The molecule has 0 bridgehead atoms. The highest BCUT2D eigenvalue weighted by Gasteiger charge is 2.36. The molecule has 0 aliphatic carbocycles. The molecule has 1 aromatic carbocycles. The Hall–Kier alpha value is -3.30. The number of benzene rings is 1. The molecule has 0 saturated carbocycles. The highest BCUT2D eigenvalue weighted by molar-refractivity contribution is 6.00. The van der Waals surface area contributed by atoms with Crippen LogP contribution in [0, 0.1) is 0 Å². The van der Waals surface area contributed by atoms with Crippen molar-refractivity contribution < 1.29 is 28.2 Å². The van der Waals surface area contributed by atoms with Gasteiger partial charge in [0.1, 0.15) is 5.56 Å². The summed E-state index contributed by atoms with van der Waals surface area (Å²) in [5.74, 6) is -1.32. The van der Waals surface area contributed by atoms with Crippen LogP contribution in [0.4, 0.5) is 13.2 Å². The number of rotatable bonds is 2. The van der Waals surface area contributed by atoms with Gasteiger partial charge in [-0.25, -0.2) is 9.50 Å². The van der Waals surface area contributed by atoms with Gasteiger partial charge in [0, 0.05) is 18.7 Å². The molecule has 1 amide bonds. The van der Waals surface area contributed by atoms with Gasteiger partial charge >= 0.3 is 6.18 Å². The van der Waals surface area contributed by atoms with Crippen LogP contribution in [0.3, 0.4) is 0 Å². The van der Waals surface area contributed by atoms with E-state index >= 15 is 0 Å². The highest BCUT2D eigenvalue weighted by Crippen LogP contribution is 2.35. The van der Waals surface area contributed by atoms with Crippen molar-refractivity contribution in [3.63, 3.8) is 0 Å². The first-order valence-corrected chi connectivity index (χ1v) is 8.53. The summed E-state index contributed by atoms with van der Waals surface area (Å²) < 4.78 is 41.4. The third-order valence-electron chi connectivity index (χ3n) is 4.66. The summed E-state index contributed by atoms with van der Waals surface area (Å²) in [7, 11) is 0. The van der Waals surface area contributed by atoms with Gasteiger partial charge in [-0.1, -0.05) is 0 Å². The van der Waals surface area contributed by atoms with E-state index in [0.29, 0.717) is 17.6 Å². The van der Waals surface area contributed by atoms with Crippen LogP contribution in [-0.4, -0.2) is 48.7 Å². The Morgan fingerprint density at radius 3 is 2.43 bits per heavy atom. The van der Waals surface area contributed by atoms with Crippen molar-refractivity contribution in [2.75, 3.05) is 13.1 Å². The van der Waals surface area contributed by atoms with Gasteiger partial charge in [-0.2, -0.15) is 18.3 Å². The Bertz CT molecular complexity index is 1070. The molecule has 1 aliphatic heterocycles. The maximum absolute atomic E-state index is 13.6. The van der Waals surface area contributed by atoms with E-state index in [4.69, 9.17) is 0 Å². The minimum atomic E-state index is -4.74. The van der Waals surface area contributed by atoms with Crippen LogP contribution < -0.4 is 0 Å². The van der Waals surface area contributed by atoms with Crippen LogP contribution in [0.25, 0.3) is 16.9 Å². The topological polar surface area (TPSA) is 91.0 Å². The standard InChI is InChI=1S/C18H15F3N4O3/c19-18(20,21)15-8-12(10-3-4-13(26)14(27)7-10)23-16-11(9-22-25(15)16)17(28)24-5-1-2-6-24/h3-4,7-9,26-27H,1-2,5-6H2. The fraction of sp³-hybridized carbons (Fsp3) is 0.278. The Labute approximate surface area is 156 Å². The zero-order valence-electron chi connectivity index (χ0n) is 14.4. The van der Waals surface area contributed by atoms with E-state index in [2.05, 4.69) is 10.1 Å². The molecular formula is C18H15F3N4O3. The number of aromatic nitrogens is 3. The smallest absolute Gasteiger partial charge is 0.433 e. The fourth-order valence-corrected chi connectivity index (χ4v) is 3.24. The molecule has 0 radical (unpaired) electrons.